The van der Waals surface area contributed by atoms with E-state index < -0.39 is 17.7 Å². The smallest absolute Gasteiger partial charge is 0.255 e. The van der Waals surface area contributed by atoms with Crippen molar-refractivity contribution in [3.05, 3.63) is 106 Å². The van der Waals surface area contributed by atoms with Gasteiger partial charge in [-0.15, -0.1) is 0 Å². The second-order valence-corrected chi connectivity index (χ2v) is 7.79. The number of hydrogen-bond acceptors (Lipinski definition) is 1. The van der Waals surface area contributed by atoms with E-state index >= 15 is 0 Å². The molecule has 0 aromatic heterocycles. The standard InChI is InChI=1S/C17H11F3.C10H11FO/c1-10-16(19)9-13-8-12(4-7-15(13)17(10)20)11-2-5-14(18)6-3-11;1-6-4-7(2)9(10(11)12)8(3)5-6/h2-9H,1H3;4-5H,1-3H3. The van der Waals surface area contributed by atoms with Gasteiger partial charge in [-0.1, -0.05) is 42.0 Å². The highest BCUT2D eigenvalue weighted by Gasteiger charge is 2.11. The summed E-state index contributed by atoms with van der Waals surface area (Å²) >= 11 is 0. The molecule has 0 aliphatic rings. The Bertz CT molecular complexity index is 1280. The molecule has 0 saturated heterocycles. The number of fused-ring (bicyclic) bond motifs is 1. The molecule has 0 atom stereocenters. The lowest BCUT2D eigenvalue weighted by Gasteiger charge is -2.07. The lowest BCUT2D eigenvalue weighted by Crippen LogP contribution is -1.98. The maximum Gasteiger partial charge on any atom is 0.332 e. The first-order valence-corrected chi connectivity index (χ1v) is 10.0. The summed E-state index contributed by atoms with van der Waals surface area (Å²) in [7, 11) is 0. The topological polar surface area (TPSA) is 17.1 Å². The van der Waals surface area contributed by atoms with Crippen LogP contribution in [0.4, 0.5) is 17.6 Å². The minimum absolute atomic E-state index is 0.0204. The van der Waals surface area contributed by atoms with E-state index in [2.05, 4.69) is 0 Å². The molecule has 0 amide bonds. The molecule has 0 aliphatic heterocycles. The molecule has 0 saturated carbocycles. The van der Waals surface area contributed by atoms with Gasteiger partial charge in [0.05, 0.1) is 5.56 Å². The lowest BCUT2D eigenvalue weighted by molar-refractivity contribution is 0.0834. The fourth-order valence-electron chi connectivity index (χ4n) is 3.75. The van der Waals surface area contributed by atoms with Crippen LogP contribution in [0, 0.1) is 45.1 Å². The number of carbonyl (C=O) groups is 1. The molecule has 164 valence electrons. The molecule has 5 heteroatoms. The Morgan fingerprint density at radius 1 is 0.719 bits per heavy atom. The zero-order chi connectivity index (χ0) is 23.6. The summed E-state index contributed by atoms with van der Waals surface area (Å²) in [5, 5.41) is 0.877. The molecular weight excluding hydrogens is 416 g/mol. The van der Waals surface area contributed by atoms with E-state index in [9.17, 15) is 22.4 Å². The molecule has 0 bridgehead atoms. The summed E-state index contributed by atoms with van der Waals surface area (Å²) < 4.78 is 52.9. The Morgan fingerprint density at radius 3 is 1.84 bits per heavy atom. The number of rotatable bonds is 2. The number of benzene rings is 4. The van der Waals surface area contributed by atoms with Crippen LogP contribution in [0.3, 0.4) is 0 Å². The Kier molecular flexibility index (Phi) is 6.78. The third kappa shape index (κ3) is 4.88. The van der Waals surface area contributed by atoms with Crippen molar-refractivity contribution in [1.82, 2.24) is 0 Å². The molecule has 4 aromatic carbocycles. The summed E-state index contributed by atoms with van der Waals surface area (Å²) in [5.74, 6) is -1.42. The largest absolute Gasteiger partial charge is 0.332 e. The second kappa shape index (κ2) is 9.35. The highest BCUT2D eigenvalue weighted by molar-refractivity contribution is 5.92. The van der Waals surface area contributed by atoms with Crippen molar-refractivity contribution in [2.45, 2.75) is 27.7 Å². The zero-order valence-electron chi connectivity index (χ0n) is 18.2. The lowest BCUT2D eigenvalue weighted by atomic mass is 9.99. The molecule has 0 heterocycles. The molecule has 4 aromatic rings. The van der Waals surface area contributed by atoms with Crippen molar-refractivity contribution >= 4 is 16.8 Å². The predicted molar refractivity (Wildman–Crippen MR) is 120 cm³/mol. The monoisotopic (exact) mass is 438 g/mol. The molecule has 4 rings (SSSR count). The number of aryl methyl sites for hydroxylation is 3. The fraction of sp³-hybridized carbons (Fsp3) is 0.148. The fourth-order valence-corrected chi connectivity index (χ4v) is 3.75. The zero-order valence-corrected chi connectivity index (χ0v) is 18.2. The van der Waals surface area contributed by atoms with E-state index in [0.29, 0.717) is 21.9 Å². The van der Waals surface area contributed by atoms with E-state index in [1.807, 2.05) is 6.92 Å². The van der Waals surface area contributed by atoms with Gasteiger partial charge >= 0.3 is 6.04 Å². The summed E-state index contributed by atoms with van der Waals surface area (Å²) in [6.45, 7) is 6.82. The predicted octanol–water partition coefficient (Wildman–Crippen LogP) is 7.95. The van der Waals surface area contributed by atoms with Crippen molar-refractivity contribution in [2.75, 3.05) is 0 Å². The molecule has 1 nitrogen and oxygen atoms in total. The maximum absolute atomic E-state index is 14.0. The van der Waals surface area contributed by atoms with Crippen LogP contribution in [0.15, 0.2) is 60.7 Å². The molecule has 0 spiro atoms. The van der Waals surface area contributed by atoms with E-state index in [0.717, 1.165) is 16.7 Å². The highest BCUT2D eigenvalue weighted by atomic mass is 19.1. The van der Waals surface area contributed by atoms with Crippen LogP contribution in [-0.4, -0.2) is 6.04 Å². The van der Waals surface area contributed by atoms with Crippen LogP contribution in [0.5, 0.6) is 0 Å². The average molecular weight is 438 g/mol. The van der Waals surface area contributed by atoms with Gasteiger partial charge in [-0.25, -0.2) is 13.2 Å². The van der Waals surface area contributed by atoms with Crippen molar-refractivity contribution in [3.8, 4) is 11.1 Å². The van der Waals surface area contributed by atoms with Crippen LogP contribution >= 0.6 is 0 Å². The SMILES string of the molecule is Cc1c(F)cc2cc(-c3ccc(F)cc3)ccc2c1F.Cc1cc(C)c(C(=O)F)c(C)c1. The highest BCUT2D eigenvalue weighted by Crippen LogP contribution is 2.28. The van der Waals surface area contributed by atoms with Gasteiger partial charge in [-0.2, -0.15) is 4.39 Å². The molecule has 0 aliphatic carbocycles. The van der Waals surface area contributed by atoms with Crippen LogP contribution < -0.4 is 0 Å². The minimum atomic E-state index is -1.34. The third-order valence-corrected chi connectivity index (χ3v) is 5.31. The first kappa shape index (κ1) is 23.2. The summed E-state index contributed by atoms with van der Waals surface area (Å²) in [4.78, 5) is 10.5. The van der Waals surface area contributed by atoms with Gasteiger partial charge in [-0.3, -0.25) is 4.79 Å². The Morgan fingerprint density at radius 2 is 1.28 bits per heavy atom. The molecule has 0 fully saturated rings. The first-order chi connectivity index (χ1) is 15.1. The summed E-state index contributed by atoms with van der Waals surface area (Å²) in [6.07, 6.45) is 0. The number of halogens is 4. The van der Waals surface area contributed by atoms with Crippen LogP contribution in [0.1, 0.15) is 32.6 Å². The van der Waals surface area contributed by atoms with Crippen molar-refractivity contribution in [3.63, 3.8) is 0 Å². The van der Waals surface area contributed by atoms with Crippen LogP contribution in [0.25, 0.3) is 21.9 Å². The van der Waals surface area contributed by atoms with Gasteiger partial charge < -0.3 is 0 Å². The molecule has 0 N–H and O–H groups in total. The van der Waals surface area contributed by atoms with E-state index in [1.165, 1.54) is 25.1 Å². The molecule has 32 heavy (non-hydrogen) atoms. The Labute approximate surface area is 184 Å². The van der Waals surface area contributed by atoms with Gasteiger partial charge in [0, 0.05) is 10.9 Å². The maximum atomic E-state index is 14.0. The van der Waals surface area contributed by atoms with Gasteiger partial charge in [0.2, 0.25) is 0 Å². The van der Waals surface area contributed by atoms with Gasteiger partial charge in [-0.05, 0) is 79.6 Å². The van der Waals surface area contributed by atoms with Gasteiger partial charge in [0.25, 0.3) is 0 Å². The summed E-state index contributed by atoms with van der Waals surface area (Å²) in [6, 6.07) is 14.6. The third-order valence-electron chi connectivity index (χ3n) is 5.31. The summed E-state index contributed by atoms with van der Waals surface area (Å²) in [5.41, 5.74) is 4.29. The van der Waals surface area contributed by atoms with E-state index in [1.54, 1.807) is 56.3 Å². The second-order valence-electron chi connectivity index (χ2n) is 7.79. The van der Waals surface area contributed by atoms with E-state index in [-0.39, 0.29) is 16.9 Å². The Hall–Kier alpha value is -3.47. The van der Waals surface area contributed by atoms with Crippen molar-refractivity contribution < 1.29 is 22.4 Å². The normalized spacial score (nSPS) is 10.6. The number of hydrogen-bond donors (Lipinski definition) is 0. The van der Waals surface area contributed by atoms with Crippen molar-refractivity contribution in [1.29, 1.82) is 0 Å². The minimum Gasteiger partial charge on any atom is -0.255 e. The molecule has 0 radical (unpaired) electrons. The molecule has 0 unspecified atom stereocenters. The average Bonchev–Trinajstić information content (AvgIpc) is 2.72. The van der Waals surface area contributed by atoms with Gasteiger partial charge in [0.1, 0.15) is 17.5 Å². The van der Waals surface area contributed by atoms with E-state index in [4.69, 9.17) is 0 Å². The first-order valence-electron chi connectivity index (χ1n) is 10.0. The Balaban J connectivity index is 0.000000207. The van der Waals surface area contributed by atoms with Gasteiger partial charge in [0.15, 0.2) is 0 Å². The van der Waals surface area contributed by atoms with Crippen LogP contribution in [-0.2, 0) is 0 Å². The molecular formula is C27H22F4O. The quantitative estimate of drug-likeness (QED) is 0.229. The van der Waals surface area contributed by atoms with Crippen LogP contribution in [0.2, 0.25) is 0 Å². The van der Waals surface area contributed by atoms with Crippen molar-refractivity contribution in [2.24, 2.45) is 0 Å². The number of carbonyl (C=O) groups excluding carboxylic acids is 1.